The van der Waals surface area contributed by atoms with Gasteiger partial charge in [0.05, 0.1) is 0 Å². The van der Waals surface area contributed by atoms with Gasteiger partial charge in [0.2, 0.25) is 0 Å². The second kappa shape index (κ2) is 5.77. The number of pyridine rings is 1. The highest BCUT2D eigenvalue weighted by molar-refractivity contribution is 9.10. The lowest BCUT2D eigenvalue weighted by atomic mass is 10.2. The number of halogens is 1. The fraction of sp³-hybridized carbons (Fsp3) is 0.188. The molecule has 3 nitrogen and oxygen atoms in total. The van der Waals surface area contributed by atoms with Gasteiger partial charge in [0.25, 0.3) is 0 Å². The topological polar surface area (TPSA) is 29.9 Å². The summed E-state index contributed by atoms with van der Waals surface area (Å²) < 4.78 is 3.30. The van der Waals surface area contributed by atoms with Crippen LogP contribution in [0.25, 0.3) is 10.9 Å². The van der Waals surface area contributed by atoms with Crippen LogP contribution in [0.2, 0.25) is 0 Å². The zero-order valence-electron chi connectivity index (χ0n) is 11.3. The van der Waals surface area contributed by atoms with E-state index in [0.29, 0.717) is 0 Å². The van der Waals surface area contributed by atoms with Crippen LogP contribution in [0.4, 0.5) is 0 Å². The van der Waals surface area contributed by atoms with Crippen LogP contribution in [0.1, 0.15) is 11.1 Å². The Kier molecular flexibility index (Phi) is 3.85. The van der Waals surface area contributed by atoms with Crippen molar-refractivity contribution in [3.8, 4) is 0 Å². The van der Waals surface area contributed by atoms with E-state index in [4.69, 9.17) is 0 Å². The van der Waals surface area contributed by atoms with Gasteiger partial charge in [-0.25, -0.2) is 0 Å². The zero-order chi connectivity index (χ0) is 13.9. The van der Waals surface area contributed by atoms with Gasteiger partial charge in [0.15, 0.2) is 0 Å². The maximum atomic E-state index is 4.23. The molecular formula is C16H16BrN3. The third kappa shape index (κ3) is 2.62. The number of aromatic nitrogens is 2. The quantitative estimate of drug-likeness (QED) is 0.793. The van der Waals surface area contributed by atoms with E-state index in [0.717, 1.165) is 17.6 Å². The van der Waals surface area contributed by atoms with Crippen LogP contribution in [-0.4, -0.2) is 16.6 Å². The standard InChI is InChI=1S/C16H16BrN3/c1-18-8-13-11-20(16-5-3-2-4-15(13)16)10-12-6-14(17)9-19-7-12/h2-7,9,11,18H,8,10H2,1H3. The number of fused-ring (bicyclic) bond motifs is 1. The molecule has 0 aliphatic rings. The first kappa shape index (κ1) is 13.3. The Morgan fingerprint density at radius 3 is 2.90 bits per heavy atom. The van der Waals surface area contributed by atoms with Gasteiger partial charge in [-0.05, 0) is 46.2 Å². The third-order valence-electron chi connectivity index (χ3n) is 3.35. The molecule has 2 aromatic heterocycles. The van der Waals surface area contributed by atoms with Gasteiger partial charge in [-0.3, -0.25) is 4.98 Å². The summed E-state index contributed by atoms with van der Waals surface area (Å²) in [6, 6.07) is 10.6. The van der Waals surface area contributed by atoms with Crippen molar-refractivity contribution >= 4 is 26.8 Å². The molecule has 0 atom stereocenters. The molecule has 0 amide bonds. The average Bonchev–Trinajstić information content (AvgIpc) is 2.78. The first-order valence-electron chi connectivity index (χ1n) is 6.58. The van der Waals surface area contributed by atoms with E-state index in [1.54, 1.807) is 0 Å². The predicted molar refractivity (Wildman–Crippen MR) is 85.7 cm³/mol. The van der Waals surface area contributed by atoms with Crippen molar-refractivity contribution in [2.45, 2.75) is 13.1 Å². The second-order valence-electron chi connectivity index (χ2n) is 4.84. The van der Waals surface area contributed by atoms with Gasteiger partial charge < -0.3 is 9.88 Å². The molecule has 4 heteroatoms. The molecule has 0 saturated carbocycles. The second-order valence-corrected chi connectivity index (χ2v) is 5.76. The fourth-order valence-corrected chi connectivity index (χ4v) is 2.94. The van der Waals surface area contributed by atoms with E-state index in [1.807, 2.05) is 19.4 Å². The summed E-state index contributed by atoms with van der Waals surface area (Å²) >= 11 is 3.47. The monoisotopic (exact) mass is 329 g/mol. The smallest absolute Gasteiger partial charge is 0.0491 e. The van der Waals surface area contributed by atoms with E-state index in [2.05, 4.69) is 67.3 Å². The lowest BCUT2D eigenvalue weighted by Gasteiger charge is -2.05. The molecule has 0 fully saturated rings. The summed E-state index contributed by atoms with van der Waals surface area (Å²) in [5, 5.41) is 4.54. The maximum absolute atomic E-state index is 4.23. The molecule has 0 radical (unpaired) electrons. The number of benzene rings is 1. The molecular weight excluding hydrogens is 314 g/mol. The Hall–Kier alpha value is -1.65. The highest BCUT2D eigenvalue weighted by atomic mass is 79.9. The highest BCUT2D eigenvalue weighted by Gasteiger charge is 2.08. The van der Waals surface area contributed by atoms with Crippen LogP contribution >= 0.6 is 15.9 Å². The summed E-state index contributed by atoms with van der Waals surface area (Å²) in [5.41, 5.74) is 3.78. The molecule has 0 saturated heterocycles. The summed E-state index contributed by atoms with van der Waals surface area (Å²) in [7, 11) is 1.98. The Balaban J connectivity index is 2.03. The SMILES string of the molecule is CNCc1cn(Cc2cncc(Br)c2)c2ccccc12. The van der Waals surface area contributed by atoms with E-state index >= 15 is 0 Å². The zero-order valence-corrected chi connectivity index (χ0v) is 12.9. The van der Waals surface area contributed by atoms with Crippen molar-refractivity contribution in [3.05, 3.63) is 64.5 Å². The van der Waals surface area contributed by atoms with Crippen molar-refractivity contribution in [2.75, 3.05) is 7.05 Å². The summed E-state index contributed by atoms with van der Waals surface area (Å²) in [5.74, 6) is 0. The minimum Gasteiger partial charge on any atom is -0.343 e. The van der Waals surface area contributed by atoms with Crippen molar-refractivity contribution in [1.29, 1.82) is 0 Å². The molecule has 1 N–H and O–H groups in total. The van der Waals surface area contributed by atoms with Gasteiger partial charge in [0, 0.05) is 47.1 Å². The summed E-state index contributed by atoms with van der Waals surface area (Å²) in [6.45, 7) is 1.71. The van der Waals surface area contributed by atoms with Crippen LogP contribution in [-0.2, 0) is 13.1 Å². The van der Waals surface area contributed by atoms with Gasteiger partial charge in [-0.15, -0.1) is 0 Å². The Morgan fingerprint density at radius 1 is 1.25 bits per heavy atom. The van der Waals surface area contributed by atoms with Crippen molar-refractivity contribution < 1.29 is 0 Å². The fourth-order valence-electron chi connectivity index (χ4n) is 2.52. The molecule has 0 spiro atoms. The Bertz CT molecular complexity index is 733. The Labute approximate surface area is 126 Å². The highest BCUT2D eigenvalue weighted by Crippen LogP contribution is 2.22. The van der Waals surface area contributed by atoms with E-state index in [1.165, 1.54) is 22.0 Å². The van der Waals surface area contributed by atoms with Crippen LogP contribution in [0.5, 0.6) is 0 Å². The number of para-hydroxylation sites is 1. The number of nitrogens with zero attached hydrogens (tertiary/aromatic N) is 2. The first-order chi connectivity index (χ1) is 9.78. The van der Waals surface area contributed by atoms with Crippen LogP contribution in [0.3, 0.4) is 0 Å². The maximum Gasteiger partial charge on any atom is 0.0491 e. The Morgan fingerprint density at radius 2 is 2.10 bits per heavy atom. The van der Waals surface area contributed by atoms with Crippen LogP contribution in [0, 0.1) is 0 Å². The van der Waals surface area contributed by atoms with Gasteiger partial charge >= 0.3 is 0 Å². The lowest BCUT2D eigenvalue weighted by Crippen LogP contribution is -2.04. The molecule has 3 rings (SSSR count). The number of hydrogen-bond donors (Lipinski definition) is 1. The van der Waals surface area contributed by atoms with E-state index in [-0.39, 0.29) is 0 Å². The minimum atomic E-state index is 0.830. The number of hydrogen-bond acceptors (Lipinski definition) is 2. The molecule has 0 bridgehead atoms. The molecule has 1 aromatic carbocycles. The van der Waals surface area contributed by atoms with Crippen molar-refractivity contribution in [3.63, 3.8) is 0 Å². The molecule has 0 unspecified atom stereocenters. The molecule has 0 aliphatic carbocycles. The summed E-state index contributed by atoms with van der Waals surface area (Å²) in [4.78, 5) is 4.23. The number of nitrogens with one attached hydrogen (secondary N) is 1. The van der Waals surface area contributed by atoms with E-state index in [9.17, 15) is 0 Å². The van der Waals surface area contributed by atoms with Gasteiger partial charge in [-0.2, -0.15) is 0 Å². The van der Waals surface area contributed by atoms with E-state index < -0.39 is 0 Å². The van der Waals surface area contributed by atoms with Crippen LogP contribution < -0.4 is 5.32 Å². The minimum absolute atomic E-state index is 0.830. The van der Waals surface area contributed by atoms with Crippen molar-refractivity contribution in [1.82, 2.24) is 14.9 Å². The molecule has 2 heterocycles. The normalized spacial score (nSPS) is 11.1. The third-order valence-corrected chi connectivity index (χ3v) is 3.79. The molecule has 20 heavy (non-hydrogen) atoms. The van der Waals surface area contributed by atoms with Crippen molar-refractivity contribution in [2.24, 2.45) is 0 Å². The predicted octanol–water partition coefficient (Wildman–Crippen LogP) is 3.57. The van der Waals surface area contributed by atoms with Gasteiger partial charge in [-0.1, -0.05) is 18.2 Å². The average molecular weight is 330 g/mol. The van der Waals surface area contributed by atoms with Crippen LogP contribution in [0.15, 0.2) is 53.4 Å². The largest absolute Gasteiger partial charge is 0.343 e. The molecule has 0 aliphatic heterocycles. The molecule has 3 aromatic rings. The first-order valence-corrected chi connectivity index (χ1v) is 7.38. The van der Waals surface area contributed by atoms with Gasteiger partial charge in [0.1, 0.15) is 0 Å². The molecule has 102 valence electrons. The summed E-state index contributed by atoms with van der Waals surface area (Å²) in [6.07, 6.45) is 5.95. The lowest BCUT2D eigenvalue weighted by molar-refractivity contribution is 0.793. The number of rotatable bonds is 4.